The summed E-state index contributed by atoms with van der Waals surface area (Å²) < 4.78 is 7.23. The summed E-state index contributed by atoms with van der Waals surface area (Å²) in [7, 11) is 1.58. The standard InChI is InChI=1S/C41H48N12O6/c1-5-52-36-27(25(3)48-52)12-7-6-8-21-53-32(22-24(2)47-53)38(58)45-41-44-35-30(49(4)33(54)17-18-34(55)56)13-11-14-31(35)51(41)20-10-9-19-50-29-16-15-26(37(42)57)23-28(29)43-40(50)46-39(36)59/h11,13-16,22-23H,5-10,12,17-21H2,1-4H3,(H2,42,57)(H,55,56)(H,43,46,59)(H,44,45,58). The van der Waals surface area contributed by atoms with Crippen LogP contribution >= 0.6 is 0 Å². The number of carbonyl (C=O) groups is 5. The Morgan fingerprint density at radius 1 is 0.847 bits per heavy atom. The van der Waals surface area contributed by atoms with Crippen molar-refractivity contribution in [3.05, 3.63) is 76.4 Å². The number of para-hydroxylation sites is 1. The quantitative estimate of drug-likeness (QED) is 0.175. The zero-order valence-corrected chi connectivity index (χ0v) is 33.6. The monoisotopic (exact) mass is 804 g/mol. The highest BCUT2D eigenvalue weighted by molar-refractivity contribution is 6.06. The first kappa shape index (κ1) is 40.4. The summed E-state index contributed by atoms with van der Waals surface area (Å²) in [6.45, 7) is 7.51. The number of benzene rings is 2. The molecule has 6 aromatic rings. The third-order valence-electron chi connectivity index (χ3n) is 10.7. The van der Waals surface area contributed by atoms with Gasteiger partial charge < -0.3 is 24.9 Å². The molecule has 0 bridgehead atoms. The van der Waals surface area contributed by atoms with Gasteiger partial charge in [-0.25, -0.2) is 9.97 Å². The van der Waals surface area contributed by atoms with E-state index in [0.29, 0.717) is 102 Å². The molecule has 4 aromatic heterocycles. The van der Waals surface area contributed by atoms with Crippen molar-refractivity contribution in [3.63, 3.8) is 0 Å². The fraction of sp³-hybridized carbons (Fsp3) is 0.390. The second kappa shape index (κ2) is 16.9. The fourth-order valence-electron chi connectivity index (χ4n) is 7.75. The number of fused-ring (bicyclic) bond motifs is 8. The predicted octanol–water partition coefficient (Wildman–Crippen LogP) is 5.05. The van der Waals surface area contributed by atoms with Crippen LogP contribution in [0.25, 0.3) is 22.1 Å². The van der Waals surface area contributed by atoms with E-state index in [9.17, 15) is 29.1 Å². The molecular weight excluding hydrogens is 757 g/mol. The van der Waals surface area contributed by atoms with Gasteiger partial charge in [0, 0.05) is 50.8 Å². The number of carboxylic acids is 1. The summed E-state index contributed by atoms with van der Waals surface area (Å²) in [5.41, 5.74) is 11.9. The minimum atomic E-state index is -1.07. The normalized spacial score (nSPS) is 14.4. The number of primary amides is 1. The molecule has 0 spiro atoms. The average molecular weight is 805 g/mol. The number of nitrogens with zero attached hydrogens (tertiary/aromatic N) is 9. The lowest BCUT2D eigenvalue weighted by Crippen LogP contribution is -2.26. The molecule has 59 heavy (non-hydrogen) atoms. The number of carboxylic acid groups (broad SMARTS) is 1. The number of amides is 4. The van der Waals surface area contributed by atoms with Gasteiger partial charge in [-0.3, -0.25) is 44.0 Å². The van der Waals surface area contributed by atoms with Crippen LogP contribution in [-0.4, -0.2) is 80.4 Å². The number of aryl methyl sites for hydroxylation is 6. The number of imidazole rings is 2. The number of hydrogen-bond donors (Lipinski definition) is 4. The van der Waals surface area contributed by atoms with E-state index in [2.05, 4.69) is 20.8 Å². The van der Waals surface area contributed by atoms with Crippen LogP contribution in [0.4, 0.5) is 17.6 Å². The van der Waals surface area contributed by atoms with Crippen molar-refractivity contribution in [1.82, 2.24) is 38.7 Å². The molecule has 308 valence electrons. The minimum Gasteiger partial charge on any atom is -0.481 e. The number of carbonyl (C=O) groups excluding carboxylic acids is 4. The minimum absolute atomic E-state index is 0.186. The lowest BCUT2D eigenvalue weighted by molar-refractivity contribution is -0.138. The Kier molecular flexibility index (Phi) is 11.6. The molecule has 5 N–H and O–H groups in total. The van der Waals surface area contributed by atoms with Gasteiger partial charge in [-0.2, -0.15) is 10.2 Å². The lowest BCUT2D eigenvalue weighted by atomic mass is 10.0. The van der Waals surface area contributed by atoms with E-state index >= 15 is 0 Å². The highest BCUT2D eigenvalue weighted by Crippen LogP contribution is 2.31. The number of aliphatic carboxylic acids is 1. The number of nitrogens with two attached hydrogens (primary N) is 1. The van der Waals surface area contributed by atoms with E-state index in [1.807, 2.05) is 36.0 Å². The van der Waals surface area contributed by atoms with Crippen LogP contribution in [0.1, 0.15) is 100 Å². The summed E-state index contributed by atoms with van der Waals surface area (Å²) in [5, 5.41) is 24.6. The highest BCUT2D eigenvalue weighted by atomic mass is 16.4. The molecule has 5 heterocycles. The van der Waals surface area contributed by atoms with Gasteiger partial charge >= 0.3 is 5.97 Å². The summed E-state index contributed by atoms with van der Waals surface area (Å²) in [4.78, 5) is 75.6. The van der Waals surface area contributed by atoms with Crippen molar-refractivity contribution in [2.45, 2.75) is 98.3 Å². The number of aromatic nitrogens is 8. The molecule has 0 atom stereocenters. The van der Waals surface area contributed by atoms with E-state index in [1.54, 1.807) is 52.8 Å². The Morgan fingerprint density at radius 3 is 2.29 bits per heavy atom. The number of rotatable bonds is 6. The number of hydrogen-bond acceptors (Lipinski definition) is 9. The molecule has 1 aliphatic rings. The van der Waals surface area contributed by atoms with Crippen LogP contribution in [0.15, 0.2) is 42.5 Å². The predicted molar refractivity (Wildman–Crippen MR) is 221 cm³/mol. The van der Waals surface area contributed by atoms with E-state index < -0.39 is 11.9 Å². The van der Waals surface area contributed by atoms with Crippen LogP contribution in [0.5, 0.6) is 0 Å². The van der Waals surface area contributed by atoms with E-state index in [-0.39, 0.29) is 36.5 Å². The van der Waals surface area contributed by atoms with Crippen LogP contribution in [0.2, 0.25) is 0 Å². The molecule has 2 aromatic carbocycles. The van der Waals surface area contributed by atoms with Gasteiger partial charge in [0.25, 0.3) is 11.8 Å². The first-order chi connectivity index (χ1) is 28.3. The third kappa shape index (κ3) is 8.28. The molecule has 0 aliphatic carbocycles. The molecule has 7 rings (SSSR count). The van der Waals surface area contributed by atoms with Crippen LogP contribution < -0.4 is 21.3 Å². The molecule has 18 nitrogen and oxygen atoms in total. The first-order valence-electron chi connectivity index (χ1n) is 19.9. The summed E-state index contributed by atoms with van der Waals surface area (Å²) in [5.74, 6) is -2.18. The van der Waals surface area contributed by atoms with Gasteiger partial charge in [-0.15, -0.1) is 0 Å². The van der Waals surface area contributed by atoms with Crippen molar-refractivity contribution < 1.29 is 29.1 Å². The summed E-state index contributed by atoms with van der Waals surface area (Å²) in [6.07, 6.45) is 3.60. The highest BCUT2D eigenvalue weighted by Gasteiger charge is 2.25. The average Bonchev–Trinajstić information content (AvgIpc) is 3.95. The van der Waals surface area contributed by atoms with E-state index in [4.69, 9.17) is 15.7 Å². The van der Waals surface area contributed by atoms with Gasteiger partial charge in [-0.05, 0) is 89.3 Å². The van der Waals surface area contributed by atoms with Crippen molar-refractivity contribution >= 4 is 69.2 Å². The Hall–Kier alpha value is -6.85. The number of anilines is 3. The second-order valence-corrected chi connectivity index (χ2v) is 14.8. The van der Waals surface area contributed by atoms with Crippen molar-refractivity contribution in [2.75, 3.05) is 22.6 Å². The molecule has 4 amide bonds. The van der Waals surface area contributed by atoms with Crippen LogP contribution in [0, 0.1) is 13.8 Å². The Labute approximate surface area is 339 Å². The van der Waals surface area contributed by atoms with Crippen LogP contribution in [0.3, 0.4) is 0 Å². The van der Waals surface area contributed by atoms with Crippen LogP contribution in [-0.2, 0) is 42.2 Å². The molecule has 0 saturated carbocycles. The van der Waals surface area contributed by atoms with E-state index in [1.165, 1.54) is 4.90 Å². The van der Waals surface area contributed by atoms with Gasteiger partial charge in [0.1, 0.15) is 16.9 Å². The second-order valence-electron chi connectivity index (χ2n) is 14.8. The van der Waals surface area contributed by atoms with E-state index in [0.717, 1.165) is 30.5 Å². The Morgan fingerprint density at radius 2 is 1.56 bits per heavy atom. The first-order valence-corrected chi connectivity index (χ1v) is 19.9. The molecule has 0 unspecified atom stereocenters. The van der Waals surface area contributed by atoms with Gasteiger partial charge in [-0.1, -0.05) is 12.5 Å². The lowest BCUT2D eigenvalue weighted by Gasteiger charge is -2.17. The molecule has 0 radical (unpaired) electrons. The Bertz CT molecular complexity index is 2610. The van der Waals surface area contributed by atoms with Gasteiger partial charge in [0.05, 0.1) is 40.0 Å². The van der Waals surface area contributed by atoms with Gasteiger partial charge in [0.15, 0.2) is 0 Å². The maximum absolute atomic E-state index is 14.2. The smallest absolute Gasteiger partial charge is 0.303 e. The molecule has 18 heteroatoms. The van der Waals surface area contributed by atoms with Gasteiger partial charge in [0.2, 0.25) is 23.7 Å². The summed E-state index contributed by atoms with van der Waals surface area (Å²) >= 11 is 0. The third-order valence-corrected chi connectivity index (χ3v) is 10.7. The SMILES string of the molecule is CCn1nc(C)c2c1C(=O)Nc1nc3cc(C(N)=O)ccc3n1CCCCn1c(nc3c(N(C)C(=O)CCC(=O)O)cccc31)NC(=O)c1cc(C)nn1CCCCC2. The zero-order valence-electron chi connectivity index (χ0n) is 33.6. The zero-order chi connectivity index (χ0) is 42.0. The maximum atomic E-state index is 14.2. The van der Waals surface area contributed by atoms with Crippen molar-refractivity contribution in [3.8, 4) is 0 Å². The molecule has 0 fully saturated rings. The maximum Gasteiger partial charge on any atom is 0.303 e. The molecule has 0 saturated heterocycles. The number of nitrogens with one attached hydrogen (secondary N) is 2. The Balaban J connectivity index is 1.28. The molecule has 1 aliphatic heterocycles. The largest absolute Gasteiger partial charge is 0.481 e. The fourth-order valence-corrected chi connectivity index (χ4v) is 7.75. The van der Waals surface area contributed by atoms with Crippen molar-refractivity contribution in [1.29, 1.82) is 0 Å². The molecular formula is C41H48N12O6. The topological polar surface area (TPSA) is 230 Å². The van der Waals surface area contributed by atoms with Crippen molar-refractivity contribution in [2.24, 2.45) is 5.73 Å². The summed E-state index contributed by atoms with van der Waals surface area (Å²) in [6, 6.07) is 12.1.